The largest absolute Gasteiger partial charge is 0.261 e. The van der Waals surface area contributed by atoms with Crippen molar-refractivity contribution in [1.82, 2.24) is 4.98 Å². The van der Waals surface area contributed by atoms with E-state index in [4.69, 9.17) is 0 Å². The second-order valence-electron chi connectivity index (χ2n) is 5.06. The van der Waals surface area contributed by atoms with Crippen LogP contribution in [0.5, 0.6) is 0 Å². The molecule has 88 valence electrons. The Kier molecular flexibility index (Phi) is 3.98. The predicted molar refractivity (Wildman–Crippen MR) is 68.6 cm³/mol. The Morgan fingerprint density at radius 1 is 1.12 bits per heavy atom. The molecule has 0 aromatic carbocycles. The first-order valence-electron chi connectivity index (χ1n) is 6.78. The normalized spacial score (nSPS) is 25.6. The predicted octanol–water partition coefficient (Wildman–Crippen LogP) is 4.33. The third-order valence-electron chi connectivity index (χ3n) is 4.11. The van der Waals surface area contributed by atoms with E-state index in [1.807, 2.05) is 0 Å². The molecule has 0 spiro atoms. The third kappa shape index (κ3) is 2.63. The molecule has 0 unspecified atom stereocenters. The van der Waals surface area contributed by atoms with Gasteiger partial charge in [0.1, 0.15) is 0 Å². The molecule has 1 saturated carbocycles. The van der Waals surface area contributed by atoms with E-state index < -0.39 is 0 Å². The van der Waals surface area contributed by atoms with Crippen molar-refractivity contribution in [3.8, 4) is 0 Å². The molecule has 0 N–H and O–H groups in total. The summed E-state index contributed by atoms with van der Waals surface area (Å²) < 4.78 is 0. The molecule has 1 aliphatic carbocycles. The van der Waals surface area contributed by atoms with Crippen LogP contribution in [0, 0.1) is 5.92 Å². The molecule has 1 heteroatoms. The molecular formula is C15H23N. The van der Waals surface area contributed by atoms with E-state index in [2.05, 4.69) is 37.2 Å². The van der Waals surface area contributed by atoms with Gasteiger partial charge < -0.3 is 0 Å². The standard InChI is InChI=1S/C15H23N/c1-3-12-5-7-13(8-6-12)14-9-10-15(4-2)16-11-14/h9-13H,3-8H2,1-2H3/t12-,13-. The lowest BCUT2D eigenvalue weighted by molar-refractivity contribution is 0.318. The van der Waals surface area contributed by atoms with Crippen molar-refractivity contribution in [2.75, 3.05) is 0 Å². The molecule has 0 bridgehead atoms. The van der Waals surface area contributed by atoms with E-state index in [1.54, 1.807) is 0 Å². The first-order chi connectivity index (χ1) is 7.83. The maximum atomic E-state index is 4.51. The number of aromatic nitrogens is 1. The van der Waals surface area contributed by atoms with Crippen molar-refractivity contribution in [2.24, 2.45) is 5.92 Å². The van der Waals surface area contributed by atoms with Crippen LogP contribution in [-0.4, -0.2) is 4.98 Å². The van der Waals surface area contributed by atoms with Crippen LogP contribution in [0.25, 0.3) is 0 Å². The Hall–Kier alpha value is -0.850. The van der Waals surface area contributed by atoms with E-state index in [0.717, 1.165) is 18.3 Å². The maximum Gasteiger partial charge on any atom is 0.0401 e. The number of rotatable bonds is 3. The van der Waals surface area contributed by atoms with Crippen LogP contribution in [0.1, 0.15) is 63.1 Å². The number of nitrogens with zero attached hydrogens (tertiary/aromatic N) is 1. The van der Waals surface area contributed by atoms with E-state index in [-0.39, 0.29) is 0 Å². The molecular weight excluding hydrogens is 194 g/mol. The lowest BCUT2D eigenvalue weighted by Gasteiger charge is -2.27. The van der Waals surface area contributed by atoms with Crippen LogP contribution >= 0.6 is 0 Å². The molecule has 0 atom stereocenters. The van der Waals surface area contributed by atoms with E-state index in [1.165, 1.54) is 43.4 Å². The van der Waals surface area contributed by atoms with Crippen LogP contribution in [0.15, 0.2) is 18.3 Å². The van der Waals surface area contributed by atoms with Gasteiger partial charge in [-0.25, -0.2) is 0 Å². The monoisotopic (exact) mass is 217 g/mol. The molecule has 0 radical (unpaired) electrons. The molecule has 1 fully saturated rings. The van der Waals surface area contributed by atoms with Crippen molar-refractivity contribution in [2.45, 2.75) is 58.3 Å². The summed E-state index contributed by atoms with van der Waals surface area (Å²) in [5.41, 5.74) is 2.68. The van der Waals surface area contributed by atoms with Gasteiger partial charge in [0.05, 0.1) is 0 Å². The summed E-state index contributed by atoms with van der Waals surface area (Å²) >= 11 is 0. The summed E-state index contributed by atoms with van der Waals surface area (Å²) in [7, 11) is 0. The van der Waals surface area contributed by atoms with Gasteiger partial charge in [-0.2, -0.15) is 0 Å². The summed E-state index contributed by atoms with van der Waals surface area (Å²) in [6.07, 6.45) is 10.1. The second-order valence-corrected chi connectivity index (χ2v) is 5.06. The topological polar surface area (TPSA) is 12.9 Å². The first kappa shape index (κ1) is 11.6. The van der Waals surface area contributed by atoms with Crippen molar-refractivity contribution >= 4 is 0 Å². The summed E-state index contributed by atoms with van der Waals surface area (Å²) in [5, 5.41) is 0. The Bertz CT molecular complexity index is 307. The molecule has 1 nitrogen and oxygen atoms in total. The molecule has 1 heterocycles. The molecule has 16 heavy (non-hydrogen) atoms. The Labute approximate surface area is 99.3 Å². The Morgan fingerprint density at radius 3 is 2.38 bits per heavy atom. The minimum atomic E-state index is 0.779. The molecule has 0 saturated heterocycles. The van der Waals surface area contributed by atoms with Gasteiger partial charge in [0, 0.05) is 11.9 Å². The summed E-state index contributed by atoms with van der Waals surface area (Å²) in [5.74, 6) is 1.76. The van der Waals surface area contributed by atoms with Crippen molar-refractivity contribution < 1.29 is 0 Å². The number of pyridine rings is 1. The molecule has 2 rings (SSSR count). The minimum absolute atomic E-state index is 0.779. The van der Waals surface area contributed by atoms with E-state index >= 15 is 0 Å². The van der Waals surface area contributed by atoms with Gasteiger partial charge in [-0.1, -0.05) is 26.3 Å². The Morgan fingerprint density at radius 2 is 1.88 bits per heavy atom. The number of hydrogen-bond donors (Lipinski definition) is 0. The highest BCUT2D eigenvalue weighted by molar-refractivity contribution is 5.18. The minimum Gasteiger partial charge on any atom is -0.261 e. The van der Waals surface area contributed by atoms with Gasteiger partial charge in [0.25, 0.3) is 0 Å². The fraction of sp³-hybridized carbons (Fsp3) is 0.667. The van der Waals surface area contributed by atoms with Crippen LogP contribution < -0.4 is 0 Å². The molecule has 1 aromatic rings. The van der Waals surface area contributed by atoms with Crippen LogP contribution in [0.4, 0.5) is 0 Å². The van der Waals surface area contributed by atoms with Gasteiger partial charge in [-0.05, 0) is 55.6 Å². The molecule has 1 aromatic heterocycles. The van der Waals surface area contributed by atoms with Crippen molar-refractivity contribution in [3.05, 3.63) is 29.6 Å². The van der Waals surface area contributed by atoms with Crippen molar-refractivity contribution in [3.63, 3.8) is 0 Å². The van der Waals surface area contributed by atoms with Crippen molar-refractivity contribution in [1.29, 1.82) is 0 Å². The maximum absolute atomic E-state index is 4.51. The molecule has 0 aliphatic heterocycles. The fourth-order valence-electron chi connectivity index (χ4n) is 2.79. The number of hydrogen-bond acceptors (Lipinski definition) is 1. The molecule has 1 aliphatic rings. The smallest absolute Gasteiger partial charge is 0.0401 e. The van der Waals surface area contributed by atoms with E-state index in [0.29, 0.717) is 0 Å². The fourth-order valence-corrected chi connectivity index (χ4v) is 2.79. The quantitative estimate of drug-likeness (QED) is 0.734. The zero-order chi connectivity index (χ0) is 11.4. The Balaban J connectivity index is 1.97. The highest BCUT2D eigenvalue weighted by Crippen LogP contribution is 2.36. The average Bonchev–Trinajstić information content (AvgIpc) is 2.39. The highest BCUT2D eigenvalue weighted by atomic mass is 14.7. The zero-order valence-electron chi connectivity index (χ0n) is 10.6. The summed E-state index contributed by atoms with van der Waals surface area (Å²) in [4.78, 5) is 4.51. The third-order valence-corrected chi connectivity index (χ3v) is 4.11. The van der Waals surface area contributed by atoms with Crippen LogP contribution in [0.2, 0.25) is 0 Å². The van der Waals surface area contributed by atoms with Gasteiger partial charge in [0.2, 0.25) is 0 Å². The number of aryl methyl sites for hydroxylation is 1. The first-order valence-corrected chi connectivity index (χ1v) is 6.78. The second kappa shape index (κ2) is 5.47. The van der Waals surface area contributed by atoms with Gasteiger partial charge >= 0.3 is 0 Å². The SMILES string of the molecule is CCc1ccc([C@H]2CC[C@H](CC)CC2)cn1. The lowest BCUT2D eigenvalue weighted by atomic mass is 9.78. The molecule has 0 amide bonds. The van der Waals surface area contributed by atoms with Gasteiger partial charge in [-0.3, -0.25) is 4.98 Å². The van der Waals surface area contributed by atoms with Crippen LogP contribution in [0.3, 0.4) is 0 Å². The van der Waals surface area contributed by atoms with Gasteiger partial charge in [-0.15, -0.1) is 0 Å². The highest BCUT2D eigenvalue weighted by Gasteiger charge is 2.21. The lowest BCUT2D eigenvalue weighted by Crippen LogP contribution is -2.12. The average molecular weight is 217 g/mol. The van der Waals surface area contributed by atoms with Gasteiger partial charge in [0.15, 0.2) is 0 Å². The summed E-state index contributed by atoms with van der Waals surface area (Å²) in [6.45, 7) is 4.48. The zero-order valence-corrected chi connectivity index (χ0v) is 10.6. The van der Waals surface area contributed by atoms with Crippen LogP contribution in [-0.2, 0) is 6.42 Å². The summed E-state index contributed by atoms with van der Waals surface area (Å²) in [6, 6.07) is 4.49. The van der Waals surface area contributed by atoms with E-state index in [9.17, 15) is 0 Å².